The Bertz CT molecular complexity index is 388. The number of Topliss-reactive ketones (excluding diaryl/α,β-unsaturated/α-hetero) is 1. The Hall–Kier alpha value is -1.71. The van der Waals surface area contributed by atoms with E-state index in [2.05, 4.69) is 10.3 Å². The summed E-state index contributed by atoms with van der Waals surface area (Å²) < 4.78 is 0. The molecule has 16 heavy (non-hydrogen) atoms. The number of carbonyl (C=O) groups is 2. The Morgan fingerprint density at radius 1 is 1.31 bits per heavy atom. The second-order valence-electron chi connectivity index (χ2n) is 3.75. The molecule has 1 aromatic heterocycles. The van der Waals surface area contributed by atoms with E-state index in [4.69, 9.17) is 0 Å². The first-order valence-electron chi connectivity index (χ1n) is 5.31. The monoisotopic (exact) mass is 220 g/mol. The van der Waals surface area contributed by atoms with E-state index in [0.29, 0.717) is 12.2 Å². The van der Waals surface area contributed by atoms with Crippen LogP contribution in [0.25, 0.3) is 0 Å². The molecule has 1 amide bonds. The van der Waals surface area contributed by atoms with Crippen LogP contribution in [0.1, 0.15) is 32.4 Å². The number of hydrogen-bond acceptors (Lipinski definition) is 3. The Balaban J connectivity index is 2.53. The number of anilines is 1. The van der Waals surface area contributed by atoms with E-state index in [1.807, 2.05) is 12.1 Å². The first-order valence-corrected chi connectivity index (χ1v) is 5.31. The molecule has 86 valence electrons. The summed E-state index contributed by atoms with van der Waals surface area (Å²) in [6, 6.07) is 5.49. The molecular formula is C12H16N2O2. The molecular weight excluding hydrogens is 204 g/mol. The fourth-order valence-corrected chi connectivity index (χ4v) is 1.39. The molecule has 1 rings (SSSR count). The van der Waals surface area contributed by atoms with Crippen LogP contribution in [0.2, 0.25) is 0 Å². The number of nitrogens with zero attached hydrogens (tertiary/aromatic N) is 1. The van der Waals surface area contributed by atoms with Crippen LogP contribution in [0, 0.1) is 0 Å². The smallest absolute Gasteiger partial charge is 0.222 e. The number of pyridine rings is 1. The molecule has 0 aliphatic heterocycles. The van der Waals surface area contributed by atoms with Crippen molar-refractivity contribution >= 4 is 17.5 Å². The average molecular weight is 220 g/mol. The topological polar surface area (TPSA) is 59.1 Å². The van der Waals surface area contributed by atoms with Crippen LogP contribution >= 0.6 is 0 Å². The van der Waals surface area contributed by atoms with E-state index in [1.165, 1.54) is 6.92 Å². The van der Waals surface area contributed by atoms with Crippen molar-refractivity contribution in [1.82, 2.24) is 4.98 Å². The maximum Gasteiger partial charge on any atom is 0.222 e. The van der Waals surface area contributed by atoms with Gasteiger partial charge in [-0.25, -0.2) is 4.98 Å². The SMILES string of the molecule is CC(=O)CCCc1cccc(NC(C)=O)n1. The van der Waals surface area contributed by atoms with Crippen LogP contribution in [0.3, 0.4) is 0 Å². The first kappa shape index (κ1) is 12.4. The largest absolute Gasteiger partial charge is 0.311 e. The number of amides is 1. The van der Waals surface area contributed by atoms with Crippen molar-refractivity contribution in [3.05, 3.63) is 23.9 Å². The normalized spacial score (nSPS) is 9.88. The van der Waals surface area contributed by atoms with E-state index in [9.17, 15) is 9.59 Å². The first-order chi connectivity index (χ1) is 7.58. The molecule has 0 atom stereocenters. The van der Waals surface area contributed by atoms with Crippen LogP contribution in [0.5, 0.6) is 0 Å². The van der Waals surface area contributed by atoms with Gasteiger partial charge in [0.2, 0.25) is 5.91 Å². The highest BCUT2D eigenvalue weighted by Gasteiger charge is 2.00. The van der Waals surface area contributed by atoms with Gasteiger partial charge in [-0.2, -0.15) is 0 Å². The zero-order valence-electron chi connectivity index (χ0n) is 9.62. The summed E-state index contributed by atoms with van der Waals surface area (Å²) in [6.07, 6.45) is 2.13. The molecule has 0 saturated carbocycles. The van der Waals surface area contributed by atoms with Crippen LogP contribution in [-0.2, 0) is 16.0 Å². The fraction of sp³-hybridized carbons (Fsp3) is 0.417. The molecule has 1 aromatic rings. The number of hydrogen-bond donors (Lipinski definition) is 1. The predicted molar refractivity (Wildman–Crippen MR) is 62.2 cm³/mol. The number of aryl methyl sites for hydroxylation is 1. The van der Waals surface area contributed by atoms with Crippen molar-refractivity contribution in [3.8, 4) is 0 Å². The second kappa shape index (κ2) is 6.00. The minimum atomic E-state index is -0.131. The van der Waals surface area contributed by atoms with Gasteiger partial charge in [-0.3, -0.25) is 4.79 Å². The number of rotatable bonds is 5. The third kappa shape index (κ3) is 4.68. The lowest BCUT2D eigenvalue weighted by atomic mass is 10.1. The van der Waals surface area contributed by atoms with Gasteiger partial charge < -0.3 is 10.1 Å². The highest BCUT2D eigenvalue weighted by molar-refractivity contribution is 5.87. The standard InChI is InChI=1S/C12H16N2O2/c1-9(15)5-3-6-11-7-4-8-12(14-11)13-10(2)16/h4,7-8H,3,5-6H2,1-2H3,(H,13,14,16). The minimum Gasteiger partial charge on any atom is -0.311 e. The number of carbonyl (C=O) groups excluding carboxylic acids is 2. The molecule has 0 spiro atoms. The highest BCUT2D eigenvalue weighted by atomic mass is 16.1. The molecule has 0 radical (unpaired) electrons. The molecule has 0 unspecified atom stereocenters. The summed E-state index contributed by atoms with van der Waals surface area (Å²) >= 11 is 0. The summed E-state index contributed by atoms with van der Waals surface area (Å²) in [4.78, 5) is 25.9. The molecule has 0 saturated heterocycles. The van der Waals surface area contributed by atoms with Crippen molar-refractivity contribution < 1.29 is 9.59 Å². The zero-order valence-corrected chi connectivity index (χ0v) is 9.62. The lowest BCUT2D eigenvalue weighted by molar-refractivity contribution is -0.117. The van der Waals surface area contributed by atoms with E-state index >= 15 is 0 Å². The van der Waals surface area contributed by atoms with Gasteiger partial charge in [0, 0.05) is 19.0 Å². The third-order valence-electron chi connectivity index (χ3n) is 2.07. The molecule has 0 fully saturated rings. The summed E-state index contributed by atoms with van der Waals surface area (Å²) in [5.74, 6) is 0.624. The Morgan fingerprint density at radius 3 is 2.69 bits per heavy atom. The maximum absolute atomic E-state index is 10.8. The van der Waals surface area contributed by atoms with E-state index < -0.39 is 0 Å². The molecule has 0 aromatic carbocycles. The Labute approximate surface area is 95.1 Å². The van der Waals surface area contributed by atoms with Gasteiger partial charge >= 0.3 is 0 Å². The van der Waals surface area contributed by atoms with Crippen molar-refractivity contribution in [2.45, 2.75) is 33.1 Å². The average Bonchev–Trinajstić information content (AvgIpc) is 2.16. The summed E-state index contributed by atoms with van der Waals surface area (Å²) in [5.41, 5.74) is 0.896. The summed E-state index contributed by atoms with van der Waals surface area (Å²) in [5, 5.41) is 2.63. The van der Waals surface area contributed by atoms with Gasteiger partial charge in [-0.05, 0) is 31.9 Å². The lowest BCUT2D eigenvalue weighted by Gasteiger charge is -2.04. The van der Waals surface area contributed by atoms with Crippen LogP contribution in [0.4, 0.5) is 5.82 Å². The molecule has 0 bridgehead atoms. The third-order valence-corrected chi connectivity index (χ3v) is 2.07. The van der Waals surface area contributed by atoms with Crippen LogP contribution in [0.15, 0.2) is 18.2 Å². The predicted octanol–water partition coefficient (Wildman–Crippen LogP) is 1.95. The quantitative estimate of drug-likeness (QED) is 0.825. The van der Waals surface area contributed by atoms with Crippen molar-refractivity contribution in [1.29, 1.82) is 0 Å². The van der Waals surface area contributed by atoms with Crippen molar-refractivity contribution in [2.24, 2.45) is 0 Å². The molecule has 1 N–H and O–H groups in total. The summed E-state index contributed by atoms with van der Waals surface area (Å²) in [7, 11) is 0. The number of aromatic nitrogens is 1. The molecule has 0 aliphatic carbocycles. The minimum absolute atomic E-state index is 0.131. The van der Waals surface area contributed by atoms with Gasteiger partial charge in [0.05, 0.1) is 0 Å². The Kier molecular flexibility index (Phi) is 4.64. The van der Waals surface area contributed by atoms with Crippen molar-refractivity contribution in [3.63, 3.8) is 0 Å². The fourth-order valence-electron chi connectivity index (χ4n) is 1.39. The van der Waals surface area contributed by atoms with Gasteiger partial charge in [-0.1, -0.05) is 6.07 Å². The summed E-state index contributed by atoms with van der Waals surface area (Å²) in [6.45, 7) is 3.03. The molecule has 0 aliphatic rings. The molecule has 4 heteroatoms. The van der Waals surface area contributed by atoms with Crippen molar-refractivity contribution in [2.75, 3.05) is 5.32 Å². The van der Waals surface area contributed by atoms with E-state index in [-0.39, 0.29) is 11.7 Å². The van der Waals surface area contributed by atoms with Gasteiger partial charge in [0.25, 0.3) is 0 Å². The molecule has 1 heterocycles. The highest BCUT2D eigenvalue weighted by Crippen LogP contribution is 2.07. The van der Waals surface area contributed by atoms with Gasteiger partial charge in [0.1, 0.15) is 11.6 Å². The zero-order chi connectivity index (χ0) is 12.0. The van der Waals surface area contributed by atoms with E-state index in [0.717, 1.165) is 18.5 Å². The number of nitrogens with one attached hydrogen (secondary N) is 1. The number of ketones is 1. The van der Waals surface area contributed by atoms with Crippen LogP contribution in [-0.4, -0.2) is 16.7 Å². The van der Waals surface area contributed by atoms with Gasteiger partial charge in [-0.15, -0.1) is 0 Å². The molecule has 4 nitrogen and oxygen atoms in total. The van der Waals surface area contributed by atoms with Gasteiger partial charge in [0.15, 0.2) is 0 Å². The van der Waals surface area contributed by atoms with E-state index in [1.54, 1.807) is 13.0 Å². The van der Waals surface area contributed by atoms with Crippen LogP contribution < -0.4 is 5.32 Å². The Morgan fingerprint density at radius 2 is 2.06 bits per heavy atom. The lowest BCUT2D eigenvalue weighted by Crippen LogP contribution is -2.08. The maximum atomic E-state index is 10.8. The second-order valence-corrected chi connectivity index (χ2v) is 3.75.